The predicted molar refractivity (Wildman–Crippen MR) is 124 cm³/mol. The van der Waals surface area contributed by atoms with E-state index in [9.17, 15) is 4.79 Å². The first-order chi connectivity index (χ1) is 14.6. The van der Waals surface area contributed by atoms with Gasteiger partial charge in [-0.2, -0.15) is 5.26 Å². The summed E-state index contributed by atoms with van der Waals surface area (Å²) in [6.45, 7) is 4.12. The minimum Gasteiger partial charge on any atom is -0.331 e. The van der Waals surface area contributed by atoms with Gasteiger partial charge in [0.1, 0.15) is 0 Å². The second-order valence-corrected chi connectivity index (χ2v) is 10.3. The zero-order valence-electron chi connectivity index (χ0n) is 17.3. The fraction of sp³-hybridized carbons (Fsp3) is 0.591. The Morgan fingerprint density at radius 1 is 1.30 bits per heavy atom. The van der Waals surface area contributed by atoms with E-state index >= 15 is 0 Å². The maximum atomic E-state index is 12.3. The van der Waals surface area contributed by atoms with E-state index in [0.717, 1.165) is 80.1 Å². The molecule has 160 valence electrons. The third kappa shape index (κ3) is 5.14. The number of benzene rings is 1. The highest BCUT2D eigenvalue weighted by Crippen LogP contribution is 2.34. The molecular formula is C22H29N5OS2. The Balaban J connectivity index is 1.18. The lowest BCUT2D eigenvalue weighted by Crippen LogP contribution is -2.42. The number of hydrogen-bond donors (Lipinski definition) is 1. The number of nitrogens with two attached hydrogens (primary N) is 1. The summed E-state index contributed by atoms with van der Waals surface area (Å²) in [5, 5.41) is 10.3. The fourth-order valence-corrected chi connectivity index (χ4v) is 6.37. The minimum absolute atomic E-state index is 0.124. The molecule has 6 nitrogen and oxygen atoms in total. The van der Waals surface area contributed by atoms with Gasteiger partial charge in [-0.15, -0.1) is 23.1 Å². The average Bonchev–Trinajstić information content (AvgIpc) is 3.46. The quantitative estimate of drug-likeness (QED) is 0.660. The Morgan fingerprint density at radius 2 is 2.13 bits per heavy atom. The molecule has 1 aromatic heterocycles. The molecule has 0 spiro atoms. The molecule has 2 saturated heterocycles. The van der Waals surface area contributed by atoms with E-state index in [-0.39, 0.29) is 11.9 Å². The summed E-state index contributed by atoms with van der Waals surface area (Å²) >= 11 is 3.54. The van der Waals surface area contributed by atoms with Crippen molar-refractivity contribution in [1.29, 1.82) is 5.26 Å². The Bertz CT molecular complexity index is 910. The van der Waals surface area contributed by atoms with Gasteiger partial charge in [-0.1, -0.05) is 6.42 Å². The molecule has 1 amide bonds. The van der Waals surface area contributed by atoms with Gasteiger partial charge in [0.05, 0.1) is 38.8 Å². The van der Waals surface area contributed by atoms with Gasteiger partial charge in [-0.05, 0) is 63.5 Å². The summed E-state index contributed by atoms with van der Waals surface area (Å²) in [6.07, 6.45) is 5.16. The zero-order chi connectivity index (χ0) is 20.9. The van der Waals surface area contributed by atoms with Gasteiger partial charge in [0.15, 0.2) is 0 Å². The lowest BCUT2D eigenvalue weighted by atomic mass is 9.97. The summed E-state index contributed by atoms with van der Waals surface area (Å²) in [5.41, 5.74) is 7.82. The van der Waals surface area contributed by atoms with Crippen LogP contribution in [0.5, 0.6) is 0 Å². The van der Waals surface area contributed by atoms with Crippen LogP contribution in [0.2, 0.25) is 0 Å². The van der Waals surface area contributed by atoms with E-state index in [0.29, 0.717) is 11.5 Å². The van der Waals surface area contributed by atoms with Crippen LogP contribution in [0, 0.1) is 11.3 Å². The standard InChI is InChI=1S/C22H29N5OS2/c23-14-16-4-5-19-20(13-16)30-21(25-19)17-6-9-26(10-7-17)8-2-1-3-18(24)22(28)27-11-12-29-15-27/h4-5,13,17-18H,1-3,6-12,15,24H2. The molecule has 2 N–H and O–H groups in total. The van der Waals surface area contributed by atoms with Crippen molar-refractivity contribution in [3.05, 3.63) is 28.8 Å². The molecule has 1 aromatic carbocycles. The topological polar surface area (TPSA) is 86.2 Å². The molecule has 0 aliphatic carbocycles. The number of thioether (sulfide) groups is 1. The number of nitrogens with zero attached hydrogens (tertiary/aromatic N) is 4. The molecule has 8 heteroatoms. The maximum absolute atomic E-state index is 12.3. The van der Waals surface area contributed by atoms with Gasteiger partial charge < -0.3 is 15.5 Å². The van der Waals surface area contributed by atoms with Crippen LogP contribution in [0.1, 0.15) is 48.6 Å². The molecule has 2 aliphatic rings. The molecule has 2 fully saturated rings. The van der Waals surface area contributed by atoms with E-state index in [1.54, 1.807) is 23.1 Å². The lowest BCUT2D eigenvalue weighted by Gasteiger charge is -2.31. The molecule has 1 unspecified atom stereocenters. The number of aromatic nitrogens is 1. The van der Waals surface area contributed by atoms with Crippen molar-refractivity contribution in [2.24, 2.45) is 5.73 Å². The number of rotatable bonds is 7. The SMILES string of the molecule is N#Cc1ccc2nc(C3CCN(CCCCC(N)C(=O)N4CCSC4)CC3)sc2c1. The lowest BCUT2D eigenvalue weighted by molar-refractivity contribution is -0.131. The number of thiazole rings is 1. The van der Waals surface area contributed by atoms with Crippen molar-refractivity contribution in [2.45, 2.75) is 44.1 Å². The zero-order valence-corrected chi connectivity index (χ0v) is 18.9. The summed E-state index contributed by atoms with van der Waals surface area (Å²) in [5.74, 6) is 2.48. The van der Waals surface area contributed by atoms with Crippen LogP contribution < -0.4 is 5.73 Å². The monoisotopic (exact) mass is 443 g/mol. The number of carbonyl (C=O) groups excluding carboxylic acids is 1. The van der Waals surface area contributed by atoms with Gasteiger partial charge in [0, 0.05) is 18.2 Å². The maximum Gasteiger partial charge on any atom is 0.240 e. The largest absolute Gasteiger partial charge is 0.331 e. The van der Waals surface area contributed by atoms with Crippen LogP contribution in [0.3, 0.4) is 0 Å². The average molecular weight is 444 g/mol. The molecule has 0 radical (unpaired) electrons. The Labute approximate surface area is 186 Å². The van der Waals surface area contributed by atoms with Crippen LogP contribution in [0.15, 0.2) is 18.2 Å². The van der Waals surface area contributed by atoms with Crippen LogP contribution in [-0.4, -0.2) is 64.5 Å². The van der Waals surface area contributed by atoms with Gasteiger partial charge in [0.25, 0.3) is 0 Å². The van der Waals surface area contributed by atoms with Crippen molar-refractivity contribution in [3.8, 4) is 6.07 Å². The molecule has 2 aliphatic heterocycles. The normalized spacial score (nSPS) is 19.3. The van der Waals surface area contributed by atoms with E-state index in [1.165, 1.54) is 5.01 Å². The molecule has 2 aromatic rings. The number of nitriles is 1. The van der Waals surface area contributed by atoms with Crippen LogP contribution >= 0.6 is 23.1 Å². The highest BCUT2D eigenvalue weighted by atomic mass is 32.2. The summed E-state index contributed by atoms with van der Waals surface area (Å²) in [4.78, 5) is 21.5. The Kier molecular flexibility index (Phi) is 7.26. The van der Waals surface area contributed by atoms with E-state index in [2.05, 4.69) is 11.0 Å². The van der Waals surface area contributed by atoms with Crippen molar-refractivity contribution < 1.29 is 4.79 Å². The summed E-state index contributed by atoms with van der Waals surface area (Å²) in [7, 11) is 0. The number of likely N-dealkylation sites (tertiary alicyclic amines) is 1. The molecule has 1 atom stereocenters. The van der Waals surface area contributed by atoms with Gasteiger partial charge in [-0.3, -0.25) is 4.79 Å². The first kappa shape index (κ1) is 21.6. The minimum atomic E-state index is -0.338. The highest BCUT2D eigenvalue weighted by molar-refractivity contribution is 7.99. The molecule has 3 heterocycles. The smallest absolute Gasteiger partial charge is 0.240 e. The van der Waals surface area contributed by atoms with Crippen molar-refractivity contribution >= 4 is 39.2 Å². The van der Waals surface area contributed by atoms with Gasteiger partial charge in [0.2, 0.25) is 5.91 Å². The van der Waals surface area contributed by atoms with E-state index < -0.39 is 0 Å². The number of fused-ring (bicyclic) bond motifs is 1. The first-order valence-corrected chi connectivity index (χ1v) is 12.8. The van der Waals surface area contributed by atoms with Crippen molar-refractivity contribution in [3.63, 3.8) is 0 Å². The van der Waals surface area contributed by atoms with Crippen LogP contribution in [-0.2, 0) is 4.79 Å². The van der Waals surface area contributed by atoms with Crippen molar-refractivity contribution in [2.75, 3.05) is 37.8 Å². The van der Waals surface area contributed by atoms with Gasteiger partial charge in [-0.25, -0.2) is 4.98 Å². The van der Waals surface area contributed by atoms with E-state index in [4.69, 9.17) is 16.0 Å². The summed E-state index contributed by atoms with van der Waals surface area (Å²) < 4.78 is 1.12. The molecule has 0 bridgehead atoms. The number of piperidine rings is 1. The first-order valence-electron chi connectivity index (χ1n) is 10.8. The Morgan fingerprint density at radius 3 is 2.87 bits per heavy atom. The third-order valence-electron chi connectivity index (χ3n) is 6.09. The molecule has 4 rings (SSSR count). The second kappa shape index (κ2) is 10.1. The molecule has 30 heavy (non-hydrogen) atoms. The van der Waals surface area contributed by atoms with Crippen LogP contribution in [0.25, 0.3) is 10.2 Å². The number of hydrogen-bond acceptors (Lipinski definition) is 7. The molecule has 0 saturated carbocycles. The summed E-state index contributed by atoms with van der Waals surface area (Å²) in [6, 6.07) is 7.62. The third-order valence-corrected chi connectivity index (χ3v) is 8.24. The number of carbonyl (C=O) groups is 1. The van der Waals surface area contributed by atoms with Gasteiger partial charge >= 0.3 is 0 Å². The number of amides is 1. The predicted octanol–water partition coefficient (Wildman–Crippen LogP) is 3.38. The van der Waals surface area contributed by atoms with E-state index in [1.807, 2.05) is 23.1 Å². The van der Waals surface area contributed by atoms with Crippen LogP contribution in [0.4, 0.5) is 0 Å². The number of unbranched alkanes of at least 4 members (excludes halogenated alkanes) is 1. The fourth-order valence-electron chi connectivity index (χ4n) is 4.24. The highest BCUT2D eigenvalue weighted by Gasteiger charge is 2.25. The second-order valence-electron chi connectivity index (χ2n) is 8.20. The van der Waals surface area contributed by atoms with Crippen molar-refractivity contribution in [1.82, 2.24) is 14.8 Å². The molecular weight excluding hydrogens is 414 g/mol. The Hall–Kier alpha value is -1.66.